The first-order valence-electron chi connectivity index (χ1n) is 2.67. The minimum absolute atomic E-state index is 0.975. The number of para-hydroxylation sites is 1. The fourth-order valence-corrected chi connectivity index (χ4v) is 1.40. The lowest BCUT2D eigenvalue weighted by atomic mass is 10.3. The van der Waals surface area contributed by atoms with Crippen LogP contribution in [0.15, 0.2) is 23.1 Å². The van der Waals surface area contributed by atoms with Gasteiger partial charge in [-0.2, -0.15) is 0 Å². The number of benzene rings is 1. The Hall–Kier alpha value is -0.760. The second kappa shape index (κ2) is 1.88. The number of nitrogens with zero attached hydrogens (tertiary/aromatic N) is 1. The molecule has 0 N–H and O–H groups in total. The summed E-state index contributed by atoms with van der Waals surface area (Å²) in [6, 6.07) is 8.93. The summed E-state index contributed by atoms with van der Waals surface area (Å²) in [6.45, 7) is 0. The number of rotatable bonds is 0. The lowest BCUT2D eigenvalue weighted by Crippen LogP contribution is -1.71. The molecule has 9 heavy (non-hydrogen) atoms. The lowest BCUT2D eigenvalue weighted by molar-refractivity contribution is 1.32. The molecule has 1 nitrogen and oxygen atoms in total. The van der Waals surface area contributed by atoms with Gasteiger partial charge in [-0.05, 0) is 23.9 Å². The van der Waals surface area contributed by atoms with Crippen molar-refractivity contribution in [1.29, 1.82) is 0 Å². The zero-order valence-electron chi connectivity index (χ0n) is 4.66. The van der Waals surface area contributed by atoms with E-state index in [4.69, 9.17) is 0 Å². The zero-order valence-corrected chi connectivity index (χ0v) is 5.48. The van der Waals surface area contributed by atoms with Crippen molar-refractivity contribution < 1.29 is 0 Å². The Labute approximate surface area is 57.8 Å². The fraction of sp³-hybridized carbons (Fsp3) is 0. The van der Waals surface area contributed by atoms with Gasteiger partial charge < -0.3 is 0 Å². The predicted molar refractivity (Wildman–Crippen MR) is 39.0 cm³/mol. The van der Waals surface area contributed by atoms with Crippen LogP contribution in [0.2, 0.25) is 0 Å². The average molecular weight is 134 g/mol. The van der Waals surface area contributed by atoms with Gasteiger partial charge in [-0.1, -0.05) is 6.07 Å². The third-order valence-corrected chi connectivity index (χ3v) is 1.95. The van der Waals surface area contributed by atoms with Crippen molar-refractivity contribution in [3.05, 3.63) is 24.3 Å². The summed E-state index contributed by atoms with van der Waals surface area (Å²) >= 11 is 1.64. The number of aliphatic imine (C=N–C) groups is 1. The van der Waals surface area contributed by atoms with Gasteiger partial charge in [0, 0.05) is 0 Å². The van der Waals surface area contributed by atoms with E-state index in [2.05, 4.69) is 11.1 Å². The zero-order chi connectivity index (χ0) is 6.10. The molecule has 0 amide bonds. The molecule has 2 radical (unpaired) electrons. The van der Waals surface area contributed by atoms with Gasteiger partial charge in [0.15, 0.2) is 0 Å². The SMILES string of the molecule is [c]1cccc2c1[N+]=CS2. The van der Waals surface area contributed by atoms with Crippen LogP contribution in [-0.4, -0.2) is 5.55 Å². The highest BCUT2D eigenvalue weighted by molar-refractivity contribution is 8.12. The third-order valence-electron chi connectivity index (χ3n) is 1.16. The molecule has 0 bridgehead atoms. The first-order chi connectivity index (χ1) is 4.47. The van der Waals surface area contributed by atoms with E-state index in [1.807, 2.05) is 23.7 Å². The number of hydrogen-bond acceptors (Lipinski definition) is 2. The Bertz CT molecular complexity index is 255. The molecular formula is C7H4NS+. The highest BCUT2D eigenvalue weighted by Crippen LogP contribution is 2.27. The highest BCUT2D eigenvalue weighted by Gasteiger charge is 2.16. The van der Waals surface area contributed by atoms with Gasteiger partial charge in [-0.3, -0.25) is 0 Å². The standard InChI is InChI=1S/C7H4NS/c1-2-4-7-6(3-1)8-5-9-7/h1-2,4-5H/q+1. The van der Waals surface area contributed by atoms with Crippen LogP contribution in [0, 0.1) is 6.07 Å². The molecule has 42 valence electrons. The van der Waals surface area contributed by atoms with E-state index < -0.39 is 0 Å². The van der Waals surface area contributed by atoms with Crippen LogP contribution in [-0.2, 0) is 0 Å². The quantitative estimate of drug-likeness (QED) is 0.525. The van der Waals surface area contributed by atoms with Crippen LogP contribution in [0.25, 0.3) is 0 Å². The van der Waals surface area contributed by atoms with E-state index in [-0.39, 0.29) is 0 Å². The Morgan fingerprint density at radius 3 is 3.44 bits per heavy atom. The van der Waals surface area contributed by atoms with Gasteiger partial charge in [-0.25, -0.2) is 0 Å². The highest BCUT2D eigenvalue weighted by atomic mass is 32.2. The lowest BCUT2D eigenvalue weighted by Gasteiger charge is -1.81. The molecule has 0 saturated heterocycles. The Morgan fingerprint density at radius 2 is 2.56 bits per heavy atom. The summed E-state index contributed by atoms with van der Waals surface area (Å²) < 4.78 is 0. The summed E-state index contributed by atoms with van der Waals surface area (Å²) in [5.41, 5.74) is 2.81. The predicted octanol–water partition coefficient (Wildman–Crippen LogP) is 1.59. The van der Waals surface area contributed by atoms with E-state index in [1.54, 1.807) is 11.8 Å². The van der Waals surface area contributed by atoms with Crippen molar-refractivity contribution in [3.63, 3.8) is 0 Å². The molecule has 0 aliphatic carbocycles. The maximum Gasteiger partial charge on any atom is 0.299 e. The Balaban J connectivity index is 2.63. The minimum atomic E-state index is 0.975. The molecule has 1 aliphatic rings. The van der Waals surface area contributed by atoms with E-state index >= 15 is 0 Å². The number of thioether (sulfide) groups is 1. The van der Waals surface area contributed by atoms with Crippen LogP contribution < -0.4 is 4.99 Å². The second-order valence-corrected chi connectivity index (χ2v) is 2.62. The Kier molecular flexibility index (Phi) is 1.06. The number of fused-ring (bicyclic) bond motifs is 1. The molecule has 2 heteroatoms. The maximum atomic E-state index is 4.08. The third kappa shape index (κ3) is 0.754. The minimum Gasteiger partial charge on any atom is -0.0600 e. The Morgan fingerprint density at radius 1 is 1.56 bits per heavy atom. The second-order valence-electron chi connectivity index (χ2n) is 1.74. The van der Waals surface area contributed by atoms with Gasteiger partial charge in [0.05, 0.1) is 16.0 Å². The van der Waals surface area contributed by atoms with E-state index in [0.29, 0.717) is 0 Å². The van der Waals surface area contributed by atoms with Crippen LogP contribution in [0.5, 0.6) is 0 Å². The van der Waals surface area contributed by atoms with E-state index in [1.165, 1.54) is 4.90 Å². The van der Waals surface area contributed by atoms with Crippen molar-refractivity contribution >= 4 is 23.0 Å². The molecule has 0 atom stereocenters. The van der Waals surface area contributed by atoms with Crippen LogP contribution in [0.4, 0.5) is 5.69 Å². The number of hydrogen-bond donors (Lipinski definition) is 0. The van der Waals surface area contributed by atoms with Gasteiger partial charge in [0.2, 0.25) is 0 Å². The van der Waals surface area contributed by atoms with Gasteiger partial charge in [0.1, 0.15) is 0 Å². The molecule has 1 aromatic rings. The molecule has 2 rings (SSSR count). The molecule has 1 aliphatic heterocycles. The maximum absolute atomic E-state index is 4.08. The topological polar surface area (TPSA) is 14.1 Å². The fourth-order valence-electron chi connectivity index (χ4n) is 0.744. The summed E-state index contributed by atoms with van der Waals surface area (Å²) in [4.78, 5) is 5.29. The van der Waals surface area contributed by atoms with Gasteiger partial charge >= 0.3 is 0 Å². The van der Waals surface area contributed by atoms with Crippen molar-refractivity contribution in [1.82, 2.24) is 4.99 Å². The molecule has 1 aromatic carbocycles. The molecule has 0 aromatic heterocycles. The van der Waals surface area contributed by atoms with Gasteiger partial charge in [-0.15, -0.1) is 0 Å². The summed E-state index contributed by atoms with van der Waals surface area (Å²) in [7, 11) is 0. The summed E-state index contributed by atoms with van der Waals surface area (Å²) in [6.07, 6.45) is 0. The van der Waals surface area contributed by atoms with Crippen molar-refractivity contribution in [2.24, 2.45) is 0 Å². The normalized spacial score (nSPS) is 13.8. The smallest absolute Gasteiger partial charge is 0.0600 e. The van der Waals surface area contributed by atoms with E-state index in [9.17, 15) is 0 Å². The van der Waals surface area contributed by atoms with Crippen LogP contribution in [0.1, 0.15) is 0 Å². The van der Waals surface area contributed by atoms with Crippen LogP contribution in [0.3, 0.4) is 0 Å². The summed E-state index contributed by atoms with van der Waals surface area (Å²) in [5.74, 6) is 0. The monoisotopic (exact) mass is 134 g/mol. The van der Waals surface area contributed by atoms with Crippen molar-refractivity contribution in [2.75, 3.05) is 0 Å². The van der Waals surface area contributed by atoms with Crippen molar-refractivity contribution in [3.8, 4) is 0 Å². The molecule has 0 unspecified atom stereocenters. The molecule has 0 saturated carbocycles. The van der Waals surface area contributed by atoms with Crippen molar-refractivity contribution in [2.45, 2.75) is 4.90 Å². The largest absolute Gasteiger partial charge is 0.299 e. The average Bonchev–Trinajstić information content (AvgIpc) is 2.33. The molecular weight excluding hydrogens is 130 g/mol. The summed E-state index contributed by atoms with van der Waals surface area (Å²) in [5, 5.41) is 0. The molecule has 0 fully saturated rings. The van der Waals surface area contributed by atoms with E-state index in [0.717, 1.165) is 5.69 Å². The van der Waals surface area contributed by atoms with Crippen LogP contribution >= 0.6 is 11.8 Å². The molecule has 1 heterocycles. The first kappa shape index (κ1) is 5.06. The molecule has 0 spiro atoms. The first-order valence-corrected chi connectivity index (χ1v) is 3.55. The van der Waals surface area contributed by atoms with Gasteiger partial charge in [0.25, 0.3) is 11.2 Å².